The van der Waals surface area contributed by atoms with Crippen LogP contribution in [0.25, 0.3) is 0 Å². The Morgan fingerprint density at radius 1 is 1.07 bits per heavy atom. The molecule has 28 heavy (non-hydrogen) atoms. The van der Waals surface area contributed by atoms with Crippen LogP contribution in [0.4, 0.5) is 0 Å². The number of nitrogens with zero attached hydrogens (tertiary/aromatic N) is 1. The molecule has 0 atom stereocenters. The summed E-state index contributed by atoms with van der Waals surface area (Å²) in [6, 6.07) is 13.6. The predicted molar refractivity (Wildman–Crippen MR) is 115 cm³/mol. The van der Waals surface area contributed by atoms with Crippen molar-refractivity contribution in [3.63, 3.8) is 0 Å². The summed E-state index contributed by atoms with van der Waals surface area (Å²) in [5, 5.41) is 2.92. The summed E-state index contributed by atoms with van der Waals surface area (Å²) in [5.74, 6) is 0.884. The molecule has 1 amide bonds. The van der Waals surface area contributed by atoms with Crippen molar-refractivity contribution >= 4 is 39.0 Å². The molecule has 2 heterocycles. The lowest BCUT2D eigenvalue weighted by molar-refractivity contribution is -0.120. The molecule has 5 nitrogen and oxygen atoms in total. The molecular formula is C20H26N2O3S3. The van der Waals surface area contributed by atoms with Crippen LogP contribution in [0.15, 0.2) is 51.6 Å². The van der Waals surface area contributed by atoms with Crippen LogP contribution in [-0.2, 0) is 21.2 Å². The Morgan fingerprint density at radius 2 is 1.82 bits per heavy atom. The van der Waals surface area contributed by atoms with Gasteiger partial charge in [-0.3, -0.25) is 4.79 Å². The summed E-state index contributed by atoms with van der Waals surface area (Å²) in [4.78, 5) is 14.2. The van der Waals surface area contributed by atoms with Crippen molar-refractivity contribution in [3.05, 3.63) is 47.3 Å². The molecule has 152 valence electrons. The normalized spacial score (nSPS) is 15.4. The molecule has 1 fully saturated rings. The molecule has 3 rings (SSSR count). The Kier molecular flexibility index (Phi) is 7.96. The zero-order chi connectivity index (χ0) is 19.8. The Labute approximate surface area is 175 Å². The van der Waals surface area contributed by atoms with Gasteiger partial charge in [-0.05, 0) is 49.3 Å². The number of thioether (sulfide) groups is 1. The van der Waals surface area contributed by atoms with Crippen LogP contribution in [0.1, 0.15) is 30.6 Å². The van der Waals surface area contributed by atoms with Gasteiger partial charge < -0.3 is 5.32 Å². The summed E-state index contributed by atoms with van der Waals surface area (Å²) >= 11 is 2.98. The molecular weight excluding hydrogens is 412 g/mol. The van der Waals surface area contributed by atoms with Crippen molar-refractivity contribution in [2.24, 2.45) is 0 Å². The van der Waals surface area contributed by atoms with Gasteiger partial charge in [0.05, 0.1) is 6.42 Å². The number of hydrogen-bond acceptors (Lipinski definition) is 5. The van der Waals surface area contributed by atoms with E-state index in [0.29, 0.717) is 23.8 Å². The van der Waals surface area contributed by atoms with Gasteiger partial charge in [-0.2, -0.15) is 4.31 Å². The van der Waals surface area contributed by atoms with Crippen molar-refractivity contribution in [1.82, 2.24) is 9.62 Å². The van der Waals surface area contributed by atoms with Crippen LogP contribution < -0.4 is 5.32 Å². The second-order valence-corrected chi connectivity index (χ2v) is 11.2. The molecule has 0 saturated carbocycles. The number of hydrogen-bond donors (Lipinski definition) is 1. The Balaban J connectivity index is 1.41. The molecule has 1 aromatic heterocycles. The molecule has 1 N–H and O–H groups in total. The number of piperidine rings is 1. The highest BCUT2D eigenvalue weighted by Crippen LogP contribution is 2.27. The molecule has 1 aliphatic rings. The number of thiophene rings is 1. The largest absolute Gasteiger partial charge is 0.356 e. The topological polar surface area (TPSA) is 66.5 Å². The third kappa shape index (κ3) is 6.07. The van der Waals surface area contributed by atoms with Crippen molar-refractivity contribution in [1.29, 1.82) is 0 Å². The molecule has 1 saturated heterocycles. The van der Waals surface area contributed by atoms with Crippen LogP contribution in [0.3, 0.4) is 0 Å². The smallest absolute Gasteiger partial charge is 0.252 e. The third-order valence-corrected chi connectivity index (χ3v) is 9.09. The van der Waals surface area contributed by atoms with Gasteiger partial charge in [0, 0.05) is 29.4 Å². The maximum Gasteiger partial charge on any atom is 0.252 e. The van der Waals surface area contributed by atoms with Gasteiger partial charge in [0.25, 0.3) is 10.0 Å². The summed E-state index contributed by atoms with van der Waals surface area (Å²) in [5.41, 5.74) is 0. The molecule has 1 aliphatic heterocycles. The van der Waals surface area contributed by atoms with E-state index in [4.69, 9.17) is 0 Å². The number of amides is 1. The van der Waals surface area contributed by atoms with E-state index in [1.165, 1.54) is 16.2 Å². The number of carbonyl (C=O) groups excluding carboxylic acids is 1. The quantitative estimate of drug-likeness (QED) is 0.478. The number of benzene rings is 1. The van der Waals surface area contributed by atoms with Gasteiger partial charge in [-0.1, -0.05) is 24.6 Å². The minimum Gasteiger partial charge on any atom is -0.356 e. The maximum atomic E-state index is 12.7. The van der Waals surface area contributed by atoms with E-state index in [0.717, 1.165) is 36.3 Å². The molecule has 0 spiro atoms. The van der Waals surface area contributed by atoms with Crippen molar-refractivity contribution in [2.75, 3.05) is 25.4 Å². The minimum absolute atomic E-state index is 0.0616. The zero-order valence-corrected chi connectivity index (χ0v) is 18.3. The van der Waals surface area contributed by atoms with E-state index in [1.807, 2.05) is 18.2 Å². The number of sulfonamides is 1. The van der Waals surface area contributed by atoms with E-state index in [2.05, 4.69) is 17.4 Å². The highest BCUT2D eigenvalue weighted by molar-refractivity contribution is 7.99. The van der Waals surface area contributed by atoms with Crippen LogP contribution in [0.2, 0.25) is 0 Å². The van der Waals surface area contributed by atoms with Crippen LogP contribution in [0.5, 0.6) is 0 Å². The first-order valence-electron chi connectivity index (χ1n) is 9.59. The first-order valence-corrected chi connectivity index (χ1v) is 12.8. The molecule has 1 aromatic carbocycles. The van der Waals surface area contributed by atoms with E-state index in [9.17, 15) is 13.2 Å². The average Bonchev–Trinajstić information content (AvgIpc) is 3.18. The average molecular weight is 439 g/mol. The third-order valence-electron chi connectivity index (χ3n) is 4.54. The highest BCUT2D eigenvalue weighted by Gasteiger charge is 2.27. The van der Waals surface area contributed by atoms with Gasteiger partial charge in [0.15, 0.2) is 0 Å². The van der Waals surface area contributed by atoms with E-state index >= 15 is 0 Å². The molecule has 2 aromatic rings. The van der Waals surface area contributed by atoms with Gasteiger partial charge in [0.1, 0.15) is 4.21 Å². The lowest BCUT2D eigenvalue weighted by atomic mass is 10.2. The molecule has 8 heteroatoms. The summed E-state index contributed by atoms with van der Waals surface area (Å²) in [7, 11) is -3.41. The lowest BCUT2D eigenvalue weighted by Crippen LogP contribution is -2.35. The summed E-state index contributed by atoms with van der Waals surface area (Å²) in [6.45, 7) is 1.82. The fourth-order valence-corrected chi connectivity index (χ4v) is 6.95. The van der Waals surface area contributed by atoms with E-state index < -0.39 is 10.0 Å². The van der Waals surface area contributed by atoms with Crippen LogP contribution in [0, 0.1) is 0 Å². The highest BCUT2D eigenvalue weighted by atomic mass is 32.2. The van der Waals surface area contributed by atoms with Crippen molar-refractivity contribution in [2.45, 2.75) is 41.2 Å². The Morgan fingerprint density at radius 3 is 2.57 bits per heavy atom. The molecule has 0 radical (unpaired) electrons. The SMILES string of the molecule is O=C(Cc1ccc(S(=O)(=O)N2CCCCC2)s1)NCCCSc1ccccc1. The van der Waals surface area contributed by atoms with Crippen LogP contribution in [-0.4, -0.2) is 44.0 Å². The first kappa shape index (κ1) is 21.4. The zero-order valence-electron chi connectivity index (χ0n) is 15.8. The Bertz CT molecular complexity index is 860. The lowest BCUT2D eigenvalue weighted by Gasteiger charge is -2.25. The predicted octanol–water partition coefficient (Wildman–Crippen LogP) is 3.76. The fourth-order valence-electron chi connectivity index (χ4n) is 3.05. The summed E-state index contributed by atoms with van der Waals surface area (Å²) < 4.78 is 27.3. The van der Waals surface area contributed by atoms with E-state index in [-0.39, 0.29) is 12.3 Å². The monoisotopic (exact) mass is 438 g/mol. The molecule has 0 aliphatic carbocycles. The molecule has 0 unspecified atom stereocenters. The van der Waals surface area contributed by atoms with Gasteiger partial charge in [0.2, 0.25) is 5.91 Å². The first-order chi connectivity index (χ1) is 13.6. The molecule has 0 bridgehead atoms. The standard InChI is InChI=1S/C20H26N2O3S3/c23-19(21-12-7-15-26-17-8-3-1-4-9-17)16-18-10-11-20(27-18)28(24,25)22-13-5-2-6-14-22/h1,3-4,8-11H,2,5-7,12-16H2,(H,21,23). The van der Waals surface area contributed by atoms with Crippen molar-refractivity contribution in [3.8, 4) is 0 Å². The fraction of sp³-hybridized carbons (Fsp3) is 0.450. The minimum atomic E-state index is -3.41. The van der Waals surface area contributed by atoms with Gasteiger partial charge in [-0.25, -0.2) is 8.42 Å². The van der Waals surface area contributed by atoms with Crippen molar-refractivity contribution < 1.29 is 13.2 Å². The van der Waals surface area contributed by atoms with Gasteiger partial charge in [-0.15, -0.1) is 23.1 Å². The Hall–Kier alpha value is -1.35. The number of rotatable bonds is 9. The number of carbonyl (C=O) groups is 1. The maximum absolute atomic E-state index is 12.7. The van der Waals surface area contributed by atoms with Gasteiger partial charge >= 0.3 is 0 Å². The van der Waals surface area contributed by atoms with E-state index in [1.54, 1.807) is 28.2 Å². The number of nitrogens with one attached hydrogen (secondary N) is 1. The second-order valence-electron chi connectivity index (χ2n) is 6.73. The second kappa shape index (κ2) is 10.4. The van der Waals surface area contributed by atoms with Crippen LogP contribution >= 0.6 is 23.1 Å². The summed E-state index contributed by atoms with van der Waals surface area (Å²) in [6.07, 6.45) is 4.05.